The van der Waals surface area contributed by atoms with Crippen LogP contribution in [0.4, 0.5) is 0 Å². The number of nitrogens with zero attached hydrogens (tertiary/aromatic N) is 1. The van der Waals surface area contributed by atoms with Crippen LogP contribution in [0.25, 0.3) is 11.1 Å². The summed E-state index contributed by atoms with van der Waals surface area (Å²) >= 11 is 6.79. The van der Waals surface area contributed by atoms with Gasteiger partial charge >= 0.3 is 5.97 Å². The molecule has 1 atom stereocenters. The van der Waals surface area contributed by atoms with Crippen LogP contribution in [0.3, 0.4) is 0 Å². The lowest BCUT2D eigenvalue weighted by atomic mass is 9.89. The third kappa shape index (κ3) is 8.62. The Balaban J connectivity index is 1.25. The molecule has 3 aromatic carbocycles. The predicted octanol–water partition coefficient (Wildman–Crippen LogP) is 8.46. The molecule has 254 valence electrons. The van der Waals surface area contributed by atoms with E-state index in [4.69, 9.17) is 30.5 Å². The van der Waals surface area contributed by atoms with Crippen LogP contribution in [0.5, 0.6) is 17.2 Å². The summed E-state index contributed by atoms with van der Waals surface area (Å²) in [5.41, 5.74) is 7.36. The molecule has 3 aromatic rings. The second-order valence-corrected chi connectivity index (χ2v) is 13.9. The lowest BCUT2D eigenvalue weighted by Crippen LogP contribution is -2.55. The van der Waals surface area contributed by atoms with Crippen LogP contribution in [-0.2, 0) is 22.5 Å². The molecule has 5 rings (SSSR count). The molecule has 0 aromatic heterocycles. The molecule has 1 saturated heterocycles. The number of benzene rings is 3. The number of nitrogens with one attached hydrogen (secondary N) is 1. The Kier molecular flexibility index (Phi) is 11.8. The minimum atomic E-state index is -0.215. The van der Waals surface area contributed by atoms with E-state index in [1.807, 2.05) is 32.9 Å². The smallest absolute Gasteiger partial charge is 0.307 e. The first-order valence-electron chi connectivity index (χ1n) is 17.2. The largest absolute Gasteiger partial charge is 0.493 e. The minimum absolute atomic E-state index is 0.113. The van der Waals surface area contributed by atoms with E-state index in [9.17, 15) is 4.79 Å². The van der Waals surface area contributed by atoms with Gasteiger partial charge in [-0.25, -0.2) is 0 Å². The second kappa shape index (κ2) is 15.8. The van der Waals surface area contributed by atoms with Gasteiger partial charge in [0, 0.05) is 43.3 Å². The summed E-state index contributed by atoms with van der Waals surface area (Å²) in [4.78, 5) is 14.4. The van der Waals surface area contributed by atoms with Gasteiger partial charge in [0.05, 0.1) is 30.8 Å². The highest BCUT2D eigenvalue weighted by Crippen LogP contribution is 2.44. The van der Waals surface area contributed by atoms with E-state index in [1.54, 1.807) is 0 Å². The summed E-state index contributed by atoms with van der Waals surface area (Å²) in [6.45, 7) is 17.0. The molecule has 0 spiro atoms. The molecule has 2 aliphatic rings. The molecule has 1 N–H and O–H groups in total. The molecule has 7 nitrogen and oxygen atoms in total. The summed E-state index contributed by atoms with van der Waals surface area (Å²) in [6.07, 6.45) is 4.15. The lowest BCUT2D eigenvalue weighted by Gasteiger charge is -2.48. The number of hydrogen-bond acceptors (Lipinski definition) is 7. The fraction of sp³-hybridized carbons (Fsp3) is 0.513. The van der Waals surface area contributed by atoms with Crippen molar-refractivity contribution in [1.82, 2.24) is 10.2 Å². The third-order valence-corrected chi connectivity index (χ3v) is 9.64. The van der Waals surface area contributed by atoms with Crippen molar-refractivity contribution in [3.63, 3.8) is 0 Å². The molecule has 0 bridgehead atoms. The molecule has 0 amide bonds. The van der Waals surface area contributed by atoms with Crippen molar-refractivity contribution < 1.29 is 23.7 Å². The van der Waals surface area contributed by atoms with E-state index in [0.717, 1.165) is 42.9 Å². The van der Waals surface area contributed by atoms with Crippen molar-refractivity contribution in [2.24, 2.45) is 0 Å². The monoisotopic (exact) mass is 662 g/mol. The van der Waals surface area contributed by atoms with E-state index < -0.39 is 0 Å². The Hall–Kier alpha value is -3.26. The molecule has 0 unspecified atom stereocenters. The van der Waals surface area contributed by atoms with Gasteiger partial charge in [-0.3, -0.25) is 9.69 Å². The quantitative estimate of drug-likeness (QED) is 0.122. The van der Waals surface area contributed by atoms with E-state index in [1.165, 1.54) is 40.8 Å². The normalized spacial score (nSPS) is 16.9. The number of carbonyl (C=O) groups is 1. The first-order valence-corrected chi connectivity index (χ1v) is 17.6. The van der Waals surface area contributed by atoms with Gasteiger partial charge < -0.3 is 24.3 Å². The predicted molar refractivity (Wildman–Crippen MR) is 189 cm³/mol. The molecule has 1 heterocycles. The zero-order valence-corrected chi connectivity index (χ0v) is 29.7. The van der Waals surface area contributed by atoms with Crippen LogP contribution in [0.2, 0.25) is 5.02 Å². The van der Waals surface area contributed by atoms with E-state index >= 15 is 0 Å². The number of hydrogen-bond donors (Lipinski definition) is 1. The Morgan fingerprint density at radius 3 is 2.57 bits per heavy atom. The highest BCUT2D eigenvalue weighted by atomic mass is 35.5. The number of halogens is 1. The van der Waals surface area contributed by atoms with Crippen LogP contribution >= 0.6 is 11.6 Å². The first kappa shape index (κ1) is 35.1. The zero-order chi connectivity index (χ0) is 33.6. The fourth-order valence-corrected chi connectivity index (χ4v) is 6.84. The van der Waals surface area contributed by atoms with Crippen LogP contribution in [0.1, 0.15) is 88.7 Å². The van der Waals surface area contributed by atoms with Crippen molar-refractivity contribution >= 4 is 17.6 Å². The van der Waals surface area contributed by atoms with Gasteiger partial charge in [0.1, 0.15) is 23.4 Å². The van der Waals surface area contributed by atoms with Gasteiger partial charge in [0.15, 0.2) is 0 Å². The standard InChI is InChI=1S/C39H51ClN2O5/c1-7-44-36-24-37(33(40)23-28(36)25-41-19-17-38(43)46-26(2)3)47-35-16-15-31-30(12-8-13-32(31)35)29-11-9-14-34(27(29)4)45-22-10-20-42-21-18-39(42,5)6/h8-9,11-14,23-24,26,35,41H,7,10,15-22,25H2,1-6H3/t35-/m0/s1. The second-order valence-electron chi connectivity index (χ2n) is 13.5. The van der Waals surface area contributed by atoms with Gasteiger partial charge in [-0.2, -0.15) is 0 Å². The molecular weight excluding hydrogens is 612 g/mol. The Morgan fingerprint density at radius 1 is 1.06 bits per heavy atom. The third-order valence-electron chi connectivity index (χ3n) is 9.34. The average molecular weight is 663 g/mol. The topological polar surface area (TPSA) is 69.3 Å². The highest BCUT2D eigenvalue weighted by Gasteiger charge is 2.34. The zero-order valence-electron chi connectivity index (χ0n) is 28.9. The number of esters is 1. The van der Waals surface area contributed by atoms with Gasteiger partial charge in [0.25, 0.3) is 0 Å². The number of likely N-dealkylation sites (tertiary alicyclic amines) is 1. The number of fused-ring (bicyclic) bond motifs is 1. The number of ether oxygens (including phenoxy) is 4. The van der Waals surface area contributed by atoms with E-state index in [0.29, 0.717) is 49.0 Å². The summed E-state index contributed by atoms with van der Waals surface area (Å²) in [5.74, 6) is 2.06. The molecular formula is C39H51ClN2O5. The van der Waals surface area contributed by atoms with Crippen molar-refractivity contribution in [2.45, 2.75) is 97.9 Å². The van der Waals surface area contributed by atoms with Gasteiger partial charge in [-0.1, -0.05) is 41.9 Å². The molecule has 0 radical (unpaired) electrons. The van der Waals surface area contributed by atoms with Crippen LogP contribution in [0.15, 0.2) is 48.5 Å². The van der Waals surface area contributed by atoms with E-state index in [-0.39, 0.29) is 18.2 Å². The Bertz CT molecular complexity index is 1540. The molecule has 1 fully saturated rings. The van der Waals surface area contributed by atoms with Gasteiger partial charge in [0.2, 0.25) is 0 Å². The molecule has 1 aliphatic heterocycles. The van der Waals surface area contributed by atoms with Crippen molar-refractivity contribution in [3.05, 3.63) is 75.8 Å². The minimum Gasteiger partial charge on any atom is -0.493 e. The van der Waals surface area contributed by atoms with Crippen molar-refractivity contribution in [2.75, 3.05) is 32.8 Å². The maximum Gasteiger partial charge on any atom is 0.307 e. The van der Waals surface area contributed by atoms with E-state index in [2.05, 4.69) is 67.4 Å². The van der Waals surface area contributed by atoms with Gasteiger partial charge in [-0.05, 0) is 107 Å². The summed E-state index contributed by atoms with van der Waals surface area (Å²) < 4.78 is 24.1. The maximum atomic E-state index is 11.9. The average Bonchev–Trinajstić information content (AvgIpc) is 3.44. The SMILES string of the molecule is CCOc1cc(O[C@H]2CCc3c(-c4cccc(OCCCN5CCC5(C)C)c4C)cccc32)c(Cl)cc1CNCCC(=O)OC(C)C. The Morgan fingerprint density at radius 2 is 1.85 bits per heavy atom. The summed E-state index contributed by atoms with van der Waals surface area (Å²) in [6, 6.07) is 16.7. The van der Waals surface area contributed by atoms with Crippen LogP contribution < -0.4 is 19.5 Å². The molecule has 47 heavy (non-hydrogen) atoms. The van der Waals surface area contributed by atoms with Crippen molar-refractivity contribution in [1.29, 1.82) is 0 Å². The van der Waals surface area contributed by atoms with Crippen LogP contribution in [-0.4, -0.2) is 55.4 Å². The molecule has 1 aliphatic carbocycles. The first-order chi connectivity index (χ1) is 22.6. The Labute approximate surface area is 285 Å². The van der Waals surface area contributed by atoms with Crippen molar-refractivity contribution in [3.8, 4) is 28.4 Å². The lowest BCUT2D eigenvalue weighted by molar-refractivity contribution is -0.147. The van der Waals surface area contributed by atoms with Crippen LogP contribution in [0, 0.1) is 6.92 Å². The van der Waals surface area contributed by atoms with Gasteiger partial charge in [-0.15, -0.1) is 0 Å². The summed E-state index contributed by atoms with van der Waals surface area (Å²) in [5, 5.41) is 3.84. The molecule has 8 heteroatoms. The fourth-order valence-electron chi connectivity index (χ4n) is 6.61. The summed E-state index contributed by atoms with van der Waals surface area (Å²) in [7, 11) is 0. The number of rotatable bonds is 16. The maximum absolute atomic E-state index is 11.9. The number of carbonyl (C=O) groups excluding carboxylic acids is 1. The highest BCUT2D eigenvalue weighted by molar-refractivity contribution is 6.32. The molecule has 0 saturated carbocycles.